The molecule has 0 spiro atoms. The van der Waals surface area contributed by atoms with Crippen LogP contribution in [0.3, 0.4) is 0 Å². The fraction of sp³-hybridized carbons (Fsp3) is 0.412. The van der Waals surface area contributed by atoms with Gasteiger partial charge in [-0.25, -0.2) is 0 Å². The van der Waals surface area contributed by atoms with Gasteiger partial charge in [0.2, 0.25) is 11.8 Å². The lowest BCUT2D eigenvalue weighted by Gasteiger charge is -2.38. The number of rotatable bonds is 4. The topological polar surface area (TPSA) is 49.4 Å². The lowest BCUT2D eigenvalue weighted by atomic mass is 9.98. The van der Waals surface area contributed by atoms with E-state index in [9.17, 15) is 9.59 Å². The summed E-state index contributed by atoms with van der Waals surface area (Å²) in [6.45, 7) is 2.40. The summed E-state index contributed by atoms with van der Waals surface area (Å²) in [5.74, 6) is 0.303. The van der Waals surface area contributed by atoms with Gasteiger partial charge in [-0.3, -0.25) is 9.59 Å². The number of amides is 2. The van der Waals surface area contributed by atoms with Gasteiger partial charge in [0.15, 0.2) is 0 Å². The van der Waals surface area contributed by atoms with Crippen LogP contribution >= 0.6 is 0 Å². The first kappa shape index (κ1) is 13.9. The molecule has 2 atom stereocenters. The van der Waals surface area contributed by atoms with Crippen LogP contribution in [-0.2, 0) is 9.59 Å². The van der Waals surface area contributed by atoms with Gasteiger partial charge in [-0.2, -0.15) is 0 Å². The number of piperazine rings is 1. The molecule has 2 aliphatic rings. The molecule has 1 heterocycles. The van der Waals surface area contributed by atoms with Gasteiger partial charge >= 0.3 is 0 Å². The van der Waals surface area contributed by atoms with Crippen molar-refractivity contribution in [1.29, 1.82) is 0 Å². The molecule has 1 aliphatic carbocycles. The number of hydrogen-bond donors (Lipinski definition) is 1. The van der Waals surface area contributed by atoms with Crippen LogP contribution in [0.5, 0.6) is 0 Å². The normalized spacial score (nSPS) is 26.2. The number of allylic oxidation sites excluding steroid dienone is 1. The molecule has 0 aromatic heterocycles. The van der Waals surface area contributed by atoms with E-state index in [2.05, 4.69) is 5.32 Å². The molecule has 1 aromatic carbocycles. The number of nitrogens with one attached hydrogen (secondary N) is 1. The summed E-state index contributed by atoms with van der Waals surface area (Å²) in [6.07, 6.45) is 5.90. The molecule has 21 heavy (non-hydrogen) atoms. The highest BCUT2D eigenvalue weighted by atomic mass is 16.2. The molecular weight excluding hydrogens is 264 g/mol. The average molecular weight is 284 g/mol. The Bertz CT molecular complexity index is 563. The monoisotopic (exact) mass is 284 g/mol. The van der Waals surface area contributed by atoms with E-state index < -0.39 is 6.04 Å². The van der Waals surface area contributed by atoms with Gasteiger partial charge in [0, 0.05) is 6.54 Å². The molecule has 110 valence electrons. The van der Waals surface area contributed by atoms with Crippen molar-refractivity contribution < 1.29 is 9.59 Å². The molecular formula is C17H20N2O2. The van der Waals surface area contributed by atoms with Gasteiger partial charge in [-0.15, -0.1) is 0 Å². The van der Waals surface area contributed by atoms with E-state index in [1.54, 1.807) is 4.90 Å². The fourth-order valence-corrected chi connectivity index (χ4v) is 2.87. The van der Waals surface area contributed by atoms with Gasteiger partial charge in [-0.05, 0) is 31.2 Å². The van der Waals surface area contributed by atoms with Crippen LogP contribution < -0.4 is 5.32 Å². The van der Waals surface area contributed by atoms with Crippen molar-refractivity contribution in [3.05, 3.63) is 48.0 Å². The van der Waals surface area contributed by atoms with Crippen molar-refractivity contribution in [3.63, 3.8) is 0 Å². The molecule has 2 fully saturated rings. The summed E-state index contributed by atoms with van der Waals surface area (Å²) in [7, 11) is 0. The number of benzene rings is 1. The Morgan fingerprint density at radius 1 is 1.24 bits per heavy atom. The summed E-state index contributed by atoms with van der Waals surface area (Å²) in [4.78, 5) is 27.0. The molecule has 1 aliphatic heterocycles. The quantitative estimate of drug-likeness (QED) is 0.860. The predicted octanol–water partition coefficient (Wildman–Crippen LogP) is 2.04. The third-order valence-electron chi connectivity index (χ3n) is 4.15. The van der Waals surface area contributed by atoms with Crippen LogP contribution in [0.4, 0.5) is 0 Å². The summed E-state index contributed by atoms with van der Waals surface area (Å²) >= 11 is 0. The van der Waals surface area contributed by atoms with Crippen LogP contribution in [0.2, 0.25) is 0 Å². The van der Waals surface area contributed by atoms with Gasteiger partial charge in [0.25, 0.3) is 0 Å². The molecule has 1 saturated carbocycles. The van der Waals surface area contributed by atoms with E-state index in [1.165, 1.54) is 0 Å². The molecule has 1 saturated heterocycles. The highest BCUT2D eigenvalue weighted by molar-refractivity contribution is 5.98. The average Bonchev–Trinajstić information content (AvgIpc) is 3.33. The van der Waals surface area contributed by atoms with E-state index in [4.69, 9.17) is 0 Å². The Kier molecular flexibility index (Phi) is 3.78. The number of carbonyl (C=O) groups excluding carboxylic acids is 2. The molecule has 2 unspecified atom stereocenters. The van der Waals surface area contributed by atoms with Crippen molar-refractivity contribution in [2.45, 2.75) is 31.8 Å². The van der Waals surface area contributed by atoms with E-state index in [-0.39, 0.29) is 17.9 Å². The molecule has 4 heteroatoms. The fourth-order valence-electron chi connectivity index (χ4n) is 2.87. The first-order chi connectivity index (χ1) is 10.2. The van der Waals surface area contributed by atoms with E-state index in [0.717, 1.165) is 18.4 Å². The zero-order valence-electron chi connectivity index (χ0n) is 12.2. The first-order valence-electron chi connectivity index (χ1n) is 7.49. The highest BCUT2D eigenvalue weighted by Crippen LogP contribution is 2.37. The minimum atomic E-state index is -0.523. The highest BCUT2D eigenvalue weighted by Gasteiger charge is 2.46. The minimum absolute atomic E-state index is 0.0454. The van der Waals surface area contributed by atoms with Crippen molar-refractivity contribution in [2.75, 3.05) is 6.54 Å². The maximum Gasteiger partial charge on any atom is 0.248 e. The van der Waals surface area contributed by atoms with E-state index in [0.29, 0.717) is 12.5 Å². The summed E-state index contributed by atoms with van der Waals surface area (Å²) < 4.78 is 0. The zero-order valence-corrected chi connectivity index (χ0v) is 12.2. The Hall–Kier alpha value is -2.10. The van der Waals surface area contributed by atoms with Gasteiger partial charge in [0.1, 0.15) is 12.1 Å². The maximum absolute atomic E-state index is 12.7. The van der Waals surface area contributed by atoms with Crippen LogP contribution in [0.25, 0.3) is 0 Å². The smallest absolute Gasteiger partial charge is 0.248 e. The second-order valence-corrected chi connectivity index (χ2v) is 5.70. The van der Waals surface area contributed by atoms with Crippen molar-refractivity contribution in [1.82, 2.24) is 10.2 Å². The third-order valence-corrected chi connectivity index (χ3v) is 4.15. The van der Waals surface area contributed by atoms with Crippen LogP contribution in [0.1, 0.15) is 31.4 Å². The number of carbonyl (C=O) groups is 2. The third kappa shape index (κ3) is 2.71. The standard InChI is InChI=1S/C17H20N2O2/c1-2-3-11-19-15(13-7-5-4-6-8-13)16(20)18-14(17(19)21)12-9-10-12/h2-8,12,14-15H,9-11H2,1H3,(H,18,20)/b3-2+. The van der Waals surface area contributed by atoms with E-state index >= 15 is 0 Å². The molecule has 0 bridgehead atoms. The molecule has 4 nitrogen and oxygen atoms in total. The maximum atomic E-state index is 12.7. The number of nitrogens with zero attached hydrogens (tertiary/aromatic N) is 1. The SMILES string of the molecule is C/C=C/CN1C(=O)C(C2CC2)NC(=O)C1c1ccccc1. The Balaban J connectivity index is 1.92. The van der Waals surface area contributed by atoms with Gasteiger partial charge in [-0.1, -0.05) is 42.5 Å². The molecule has 1 aromatic rings. The zero-order chi connectivity index (χ0) is 14.8. The lowest BCUT2D eigenvalue weighted by molar-refractivity contribution is -0.149. The van der Waals surface area contributed by atoms with Gasteiger partial charge in [0.05, 0.1) is 0 Å². The molecule has 2 amide bonds. The molecule has 1 N–H and O–H groups in total. The second kappa shape index (κ2) is 5.72. The predicted molar refractivity (Wildman–Crippen MR) is 80.4 cm³/mol. The summed E-state index contributed by atoms with van der Waals surface area (Å²) in [6, 6.07) is 8.65. The second-order valence-electron chi connectivity index (χ2n) is 5.70. The molecule has 3 rings (SSSR count). The number of hydrogen-bond acceptors (Lipinski definition) is 2. The molecule has 0 radical (unpaired) electrons. The van der Waals surface area contributed by atoms with E-state index in [1.807, 2.05) is 49.4 Å². The van der Waals surface area contributed by atoms with Crippen LogP contribution in [-0.4, -0.2) is 29.3 Å². The van der Waals surface area contributed by atoms with Gasteiger partial charge < -0.3 is 10.2 Å². The van der Waals surface area contributed by atoms with Crippen molar-refractivity contribution >= 4 is 11.8 Å². The minimum Gasteiger partial charge on any atom is -0.342 e. The van der Waals surface area contributed by atoms with Crippen molar-refractivity contribution in [3.8, 4) is 0 Å². The van der Waals surface area contributed by atoms with Crippen LogP contribution in [0.15, 0.2) is 42.5 Å². The van der Waals surface area contributed by atoms with Crippen molar-refractivity contribution in [2.24, 2.45) is 5.92 Å². The lowest BCUT2D eigenvalue weighted by Crippen LogP contribution is -2.60. The Labute approximate surface area is 124 Å². The van der Waals surface area contributed by atoms with Crippen LogP contribution in [0, 0.1) is 5.92 Å². The Morgan fingerprint density at radius 3 is 2.57 bits per heavy atom. The summed E-state index contributed by atoms with van der Waals surface area (Å²) in [5, 5.41) is 2.93. The Morgan fingerprint density at radius 2 is 1.95 bits per heavy atom. The largest absolute Gasteiger partial charge is 0.342 e. The summed E-state index contributed by atoms with van der Waals surface area (Å²) in [5.41, 5.74) is 0.863. The first-order valence-corrected chi connectivity index (χ1v) is 7.49.